The molecule has 0 spiro atoms. The summed E-state index contributed by atoms with van der Waals surface area (Å²) in [5, 5.41) is 9.99. The highest BCUT2D eigenvalue weighted by molar-refractivity contribution is 5.56. The molecule has 0 amide bonds. The smallest absolute Gasteiger partial charge is 0.403 e. The molecule has 0 radical (unpaired) electrons. The molecular weight excluding hydrogens is 291 g/mol. The van der Waals surface area contributed by atoms with Crippen molar-refractivity contribution >= 4 is 0 Å². The summed E-state index contributed by atoms with van der Waals surface area (Å²) in [5.41, 5.74) is 5.17. The molecule has 1 aromatic rings. The molecule has 0 fully saturated rings. The van der Waals surface area contributed by atoms with Crippen LogP contribution < -0.4 is 19.9 Å². The molecule has 0 saturated carbocycles. The zero-order valence-electron chi connectivity index (χ0n) is 11.9. The number of hydrogen-bond donors (Lipinski definition) is 2. The molecule has 8 heteroatoms. The third kappa shape index (κ3) is 3.92. The van der Waals surface area contributed by atoms with Gasteiger partial charge in [0, 0.05) is 12.0 Å². The van der Waals surface area contributed by atoms with E-state index in [9.17, 15) is 18.3 Å². The second-order valence-corrected chi connectivity index (χ2v) is 4.32. The van der Waals surface area contributed by atoms with E-state index in [4.69, 9.17) is 19.9 Å². The van der Waals surface area contributed by atoms with Crippen molar-refractivity contribution in [3.63, 3.8) is 0 Å². The van der Waals surface area contributed by atoms with Gasteiger partial charge in [-0.2, -0.15) is 13.2 Å². The third-order valence-corrected chi connectivity index (χ3v) is 2.99. The molecule has 0 unspecified atom stereocenters. The van der Waals surface area contributed by atoms with Gasteiger partial charge in [-0.25, -0.2) is 0 Å². The Morgan fingerprint density at radius 1 is 1.10 bits per heavy atom. The van der Waals surface area contributed by atoms with Gasteiger partial charge in [-0.15, -0.1) is 0 Å². The lowest BCUT2D eigenvalue weighted by Crippen LogP contribution is -2.38. The van der Waals surface area contributed by atoms with Gasteiger partial charge in [-0.05, 0) is 12.1 Å². The maximum atomic E-state index is 12.5. The number of benzene rings is 1. The van der Waals surface area contributed by atoms with Crippen LogP contribution in [0.25, 0.3) is 0 Å². The molecule has 1 aromatic carbocycles. The molecule has 0 saturated heterocycles. The number of hydrogen-bond acceptors (Lipinski definition) is 5. The zero-order chi connectivity index (χ0) is 16.2. The minimum absolute atomic E-state index is 0.110. The molecule has 0 heterocycles. The van der Waals surface area contributed by atoms with Crippen molar-refractivity contribution in [2.24, 2.45) is 5.73 Å². The van der Waals surface area contributed by atoms with Crippen molar-refractivity contribution in [1.82, 2.24) is 0 Å². The van der Waals surface area contributed by atoms with Crippen LogP contribution in [-0.2, 0) is 0 Å². The summed E-state index contributed by atoms with van der Waals surface area (Å²) < 4.78 is 52.7. The lowest BCUT2D eigenvalue weighted by molar-refractivity contribution is -0.153. The summed E-state index contributed by atoms with van der Waals surface area (Å²) in [5.74, 6) is 0.640. The van der Waals surface area contributed by atoms with E-state index in [1.54, 1.807) is 0 Å². The predicted molar refractivity (Wildman–Crippen MR) is 69.7 cm³/mol. The molecule has 0 aliphatic carbocycles. The molecule has 0 aromatic heterocycles. The SMILES string of the molecule is COc1ccc([C@@H](O)C[C@H](N)C(F)(F)F)c(OC)c1OC. The summed E-state index contributed by atoms with van der Waals surface area (Å²) >= 11 is 0. The van der Waals surface area contributed by atoms with Crippen LogP contribution in [0.15, 0.2) is 12.1 Å². The first-order valence-corrected chi connectivity index (χ1v) is 6.05. The quantitative estimate of drug-likeness (QED) is 0.841. The largest absolute Gasteiger partial charge is 0.493 e. The van der Waals surface area contributed by atoms with Crippen molar-refractivity contribution in [3.05, 3.63) is 17.7 Å². The Morgan fingerprint density at radius 3 is 2.10 bits per heavy atom. The highest BCUT2D eigenvalue weighted by atomic mass is 19.4. The number of rotatable bonds is 6. The topological polar surface area (TPSA) is 73.9 Å². The van der Waals surface area contributed by atoms with Crippen LogP contribution in [0, 0.1) is 0 Å². The standard InChI is InChI=1S/C13H18F3NO4/c1-19-9-5-4-7(11(20-2)12(9)21-3)8(18)6-10(17)13(14,15)16/h4-5,8,10,18H,6,17H2,1-3H3/t8-,10-/m0/s1. The second kappa shape index (κ2) is 6.86. The van der Waals surface area contributed by atoms with Crippen LogP contribution in [0.1, 0.15) is 18.1 Å². The number of nitrogens with two attached hydrogens (primary N) is 1. The Hall–Kier alpha value is -1.67. The lowest BCUT2D eigenvalue weighted by atomic mass is 10.0. The van der Waals surface area contributed by atoms with E-state index in [0.29, 0.717) is 5.75 Å². The van der Waals surface area contributed by atoms with Gasteiger partial charge in [0.1, 0.15) is 6.04 Å². The summed E-state index contributed by atoms with van der Waals surface area (Å²) in [6.45, 7) is 0. The maximum Gasteiger partial charge on any atom is 0.403 e. The van der Waals surface area contributed by atoms with Crippen molar-refractivity contribution in [3.8, 4) is 17.2 Å². The number of alkyl halides is 3. The lowest BCUT2D eigenvalue weighted by Gasteiger charge is -2.22. The predicted octanol–water partition coefficient (Wildman–Crippen LogP) is 2.03. The zero-order valence-corrected chi connectivity index (χ0v) is 11.9. The molecule has 120 valence electrons. The molecule has 2 atom stereocenters. The number of methoxy groups -OCH3 is 3. The van der Waals surface area contributed by atoms with Crippen LogP contribution in [0.2, 0.25) is 0 Å². The second-order valence-electron chi connectivity index (χ2n) is 4.32. The summed E-state index contributed by atoms with van der Waals surface area (Å²) in [7, 11) is 4.09. The van der Waals surface area contributed by atoms with Gasteiger partial charge >= 0.3 is 6.18 Å². The van der Waals surface area contributed by atoms with Gasteiger partial charge < -0.3 is 25.1 Å². The van der Waals surface area contributed by atoms with Crippen molar-refractivity contribution in [2.45, 2.75) is 24.7 Å². The van der Waals surface area contributed by atoms with E-state index in [0.717, 1.165) is 0 Å². The maximum absolute atomic E-state index is 12.5. The fourth-order valence-corrected chi connectivity index (χ4v) is 1.89. The number of ether oxygens (including phenoxy) is 3. The molecule has 1 rings (SSSR count). The number of aliphatic hydroxyl groups excluding tert-OH is 1. The van der Waals surface area contributed by atoms with E-state index in [1.807, 2.05) is 0 Å². The first kappa shape index (κ1) is 17.4. The molecule has 0 aliphatic heterocycles. The molecule has 21 heavy (non-hydrogen) atoms. The highest BCUT2D eigenvalue weighted by Crippen LogP contribution is 2.43. The van der Waals surface area contributed by atoms with E-state index in [2.05, 4.69) is 0 Å². The van der Waals surface area contributed by atoms with Gasteiger partial charge in [0.15, 0.2) is 11.5 Å². The van der Waals surface area contributed by atoms with Gasteiger partial charge in [0.25, 0.3) is 0 Å². The first-order valence-electron chi connectivity index (χ1n) is 6.05. The Morgan fingerprint density at radius 2 is 1.67 bits per heavy atom. The van der Waals surface area contributed by atoms with E-state index < -0.39 is 24.7 Å². The molecule has 0 aliphatic rings. The highest BCUT2D eigenvalue weighted by Gasteiger charge is 2.38. The summed E-state index contributed by atoms with van der Waals surface area (Å²) in [6.07, 6.45) is -6.71. The number of aliphatic hydroxyl groups is 1. The van der Waals surface area contributed by atoms with Crippen LogP contribution in [0.4, 0.5) is 13.2 Å². The van der Waals surface area contributed by atoms with Crippen molar-refractivity contribution in [2.75, 3.05) is 21.3 Å². The van der Waals surface area contributed by atoms with Gasteiger partial charge in [-0.3, -0.25) is 0 Å². The van der Waals surface area contributed by atoms with Gasteiger partial charge in [0.05, 0.1) is 27.4 Å². The normalized spacial score (nSPS) is 14.5. The molecular formula is C13H18F3NO4. The average molecular weight is 309 g/mol. The average Bonchev–Trinajstić information content (AvgIpc) is 2.43. The van der Waals surface area contributed by atoms with E-state index in [1.165, 1.54) is 33.5 Å². The van der Waals surface area contributed by atoms with Gasteiger partial charge in [0.2, 0.25) is 5.75 Å². The Balaban J connectivity index is 3.12. The van der Waals surface area contributed by atoms with Gasteiger partial charge in [-0.1, -0.05) is 0 Å². The fraction of sp³-hybridized carbons (Fsp3) is 0.538. The molecule has 0 bridgehead atoms. The minimum Gasteiger partial charge on any atom is -0.493 e. The first-order chi connectivity index (χ1) is 9.76. The Bertz CT molecular complexity index is 479. The molecule has 5 nitrogen and oxygen atoms in total. The fourth-order valence-electron chi connectivity index (χ4n) is 1.89. The Labute approximate surface area is 120 Å². The van der Waals surface area contributed by atoms with E-state index >= 15 is 0 Å². The minimum atomic E-state index is -4.58. The monoisotopic (exact) mass is 309 g/mol. The summed E-state index contributed by atoms with van der Waals surface area (Å²) in [6, 6.07) is 0.748. The number of halogens is 3. The molecule has 3 N–H and O–H groups in total. The van der Waals surface area contributed by atoms with Crippen LogP contribution in [-0.4, -0.2) is 38.7 Å². The van der Waals surface area contributed by atoms with Crippen LogP contribution >= 0.6 is 0 Å². The van der Waals surface area contributed by atoms with E-state index in [-0.39, 0.29) is 17.1 Å². The van der Waals surface area contributed by atoms with Crippen LogP contribution in [0.3, 0.4) is 0 Å². The van der Waals surface area contributed by atoms with Crippen LogP contribution in [0.5, 0.6) is 17.2 Å². The summed E-state index contributed by atoms with van der Waals surface area (Å²) in [4.78, 5) is 0. The third-order valence-electron chi connectivity index (χ3n) is 2.99. The Kier molecular flexibility index (Phi) is 5.68. The van der Waals surface area contributed by atoms with Crippen molar-refractivity contribution in [1.29, 1.82) is 0 Å². The van der Waals surface area contributed by atoms with Crippen molar-refractivity contribution < 1.29 is 32.5 Å².